The van der Waals surface area contributed by atoms with Crippen LogP contribution in [-0.2, 0) is 6.42 Å². The van der Waals surface area contributed by atoms with Gasteiger partial charge in [0.2, 0.25) is 0 Å². The Morgan fingerprint density at radius 3 is 2.50 bits per heavy atom. The van der Waals surface area contributed by atoms with E-state index in [1.807, 2.05) is 18.2 Å². The maximum absolute atomic E-state index is 13.6. The van der Waals surface area contributed by atoms with Crippen LogP contribution >= 0.6 is 0 Å². The highest BCUT2D eigenvalue weighted by Crippen LogP contribution is 2.30. The molecule has 7 heteroatoms. The minimum Gasteiger partial charge on any atom is -0.277 e. The lowest BCUT2D eigenvalue weighted by Crippen LogP contribution is -1.95. The van der Waals surface area contributed by atoms with Gasteiger partial charge in [-0.2, -0.15) is 10.2 Å². The van der Waals surface area contributed by atoms with Gasteiger partial charge < -0.3 is 0 Å². The molecule has 0 saturated heterocycles. The second kappa shape index (κ2) is 6.33. The fraction of sp³-hybridized carbons (Fsp3) is 0.211. The van der Waals surface area contributed by atoms with Crippen molar-refractivity contribution in [2.75, 3.05) is 0 Å². The summed E-state index contributed by atoms with van der Waals surface area (Å²) in [5.74, 6) is 0.130. The maximum Gasteiger partial charge on any atom is 0.181 e. The third-order valence-corrected chi connectivity index (χ3v) is 4.15. The van der Waals surface area contributed by atoms with Crippen molar-refractivity contribution >= 4 is 10.9 Å². The average molecular weight is 353 g/mol. The van der Waals surface area contributed by atoms with Crippen LogP contribution in [0, 0.1) is 17.6 Å². The van der Waals surface area contributed by atoms with Crippen molar-refractivity contribution in [3.8, 4) is 22.6 Å². The molecule has 0 bridgehead atoms. The van der Waals surface area contributed by atoms with Gasteiger partial charge in [0, 0.05) is 22.9 Å². The molecule has 5 nitrogen and oxygen atoms in total. The topological polar surface area (TPSA) is 70.2 Å². The Hall–Kier alpha value is -3.09. The summed E-state index contributed by atoms with van der Waals surface area (Å²) in [5.41, 5.74) is 2.68. The Balaban J connectivity index is 1.77. The van der Waals surface area contributed by atoms with Gasteiger partial charge >= 0.3 is 0 Å². The first kappa shape index (κ1) is 16.4. The molecule has 0 aliphatic rings. The predicted octanol–water partition coefficient (Wildman–Crippen LogP) is 4.49. The minimum atomic E-state index is -0.901. The molecular formula is C19H17F2N5. The van der Waals surface area contributed by atoms with Gasteiger partial charge in [0.15, 0.2) is 17.5 Å². The molecular weight excluding hydrogens is 336 g/mol. The standard InChI is InChI=1S/C19H17F2N5/c1-10(2)7-17-22-19(26-24-17)12-4-6-16-13(8-12)18(25-23-16)11-3-5-14(20)15(21)9-11/h3-6,8-10H,7H2,1-2H3,(H,23,25)(H,22,24,26). The number of aromatic nitrogens is 5. The van der Waals surface area contributed by atoms with Crippen molar-refractivity contribution in [1.29, 1.82) is 0 Å². The third-order valence-electron chi connectivity index (χ3n) is 4.15. The molecule has 4 rings (SSSR count). The van der Waals surface area contributed by atoms with Crippen molar-refractivity contribution in [3.63, 3.8) is 0 Å². The molecule has 0 radical (unpaired) electrons. The number of hydrogen-bond acceptors (Lipinski definition) is 3. The fourth-order valence-electron chi connectivity index (χ4n) is 2.92. The van der Waals surface area contributed by atoms with Gasteiger partial charge in [-0.1, -0.05) is 13.8 Å². The number of halogens is 2. The van der Waals surface area contributed by atoms with Crippen LogP contribution in [0.1, 0.15) is 19.7 Å². The Morgan fingerprint density at radius 1 is 0.923 bits per heavy atom. The summed E-state index contributed by atoms with van der Waals surface area (Å²) in [6, 6.07) is 9.43. The van der Waals surface area contributed by atoms with Gasteiger partial charge in [0.1, 0.15) is 11.5 Å². The van der Waals surface area contributed by atoms with Crippen molar-refractivity contribution in [3.05, 3.63) is 53.9 Å². The fourth-order valence-corrected chi connectivity index (χ4v) is 2.92. The van der Waals surface area contributed by atoms with Gasteiger partial charge in [-0.15, -0.1) is 0 Å². The van der Waals surface area contributed by atoms with E-state index in [9.17, 15) is 8.78 Å². The predicted molar refractivity (Wildman–Crippen MR) is 95.4 cm³/mol. The lowest BCUT2D eigenvalue weighted by molar-refractivity contribution is 0.509. The van der Waals surface area contributed by atoms with Gasteiger partial charge in [0.25, 0.3) is 0 Å². The number of H-pyrrole nitrogens is 2. The average Bonchev–Trinajstić information content (AvgIpc) is 3.23. The Bertz CT molecular complexity index is 1080. The zero-order valence-electron chi connectivity index (χ0n) is 14.3. The van der Waals surface area contributed by atoms with Gasteiger partial charge in [0.05, 0.1) is 5.52 Å². The minimum absolute atomic E-state index is 0.479. The highest BCUT2D eigenvalue weighted by molar-refractivity contribution is 5.95. The molecule has 132 valence electrons. The summed E-state index contributed by atoms with van der Waals surface area (Å²) >= 11 is 0. The molecule has 2 aromatic heterocycles. The molecule has 26 heavy (non-hydrogen) atoms. The smallest absolute Gasteiger partial charge is 0.181 e. The Morgan fingerprint density at radius 2 is 1.73 bits per heavy atom. The lowest BCUT2D eigenvalue weighted by atomic mass is 10.1. The van der Waals surface area contributed by atoms with Crippen LogP contribution in [0.5, 0.6) is 0 Å². The van der Waals surface area contributed by atoms with Crippen LogP contribution in [0.15, 0.2) is 36.4 Å². The van der Waals surface area contributed by atoms with E-state index in [4.69, 9.17) is 0 Å². The summed E-state index contributed by atoms with van der Waals surface area (Å²) in [6.07, 6.45) is 0.820. The number of benzene rings is 2. The molecule has 0 unspecified atom stereocenters. The first-order valence-corrected chi connectivity index (χ1v) is 8.36. The number of nitrogens with zero attached hydrogens (tertiary/aromatic N) is 3. The SMILES string of the molecule is CC(C)Cc1nc(-c2ccc3[nH]nc(-c4ccc(F)c(F)c4)c3c2)n[nH]1. The molecule has 0 fully saturated rings. The first-order chi connectivity index (χ1) is 12.5. The van der Waals surface area contributed by atoms with E-state index >= 15 is 0 Å². The van der Waals surface area contributed by atoms with Crippen LogP contribution in [0.3, 0.4) is 0 Å². The molecule has 2 heterocycles. The normalized spacial score (nSPS) is 11.6. The third kappa shape index (κ3) is 2.96. The van der Waals surface area contributed by atoms with Gasteiger partial charge in [-0.25, -0.2) is 13.8 Å². The molecule has 4 aromatic rings. The summed E-state index contributed by atoms with van der Waals surface area (Å²) in [7, 11) is 0. The van der Waals surface area contributed by atoms with Crippen LogP contribution in [0.25, 0.3) is 33.5 Å². The second-order valence-corrected chi connectivity index (χ2v) is 6.67. The molecule has 2 N–H and O–H groups in total. The molecule has 0 spiro atoms. The first-order valence-electron chi connectivity index (χ1n) is 8.36. The maximum atomic E-state index is 13.6. The highest BCUT2D eigenvalue weighted by atomic mass is 19.2. The van der Waals surface area contributed by atoms with Gasteiger partial charge in [-0.05, 0) is 42.3 Å². The number of fused-ring (bicyclic) bond motifs is 1. The van der Waals surface area contributed by atoms with E-state index in [-0.39, 0.29) is 0 Å². The number of aromatic amines is 2. The van der Waals surface area contributed by atoms with E-state index in [0.717, 1.165) is 40.8 Å². The second-order valence-electron chi connectivity index (χ2n) is 6.67. The van der Waals surface area contributed by atoms with Crippen LogP contribution in [0.2, 0.25) is 0 Å². The summed E-state index contributed by atoms with van der Waals surface area (Å²) in [5, 5.41) is 15.2. The zero-order chi connectivity index (χ0) is 18.3. The summed E-state index contributed by atoms with van der Waals surface area (Å²) in [4.78, 5) is 4.53. The van der Waals surface area contributed by atoms with Crippen LogP contribution < -0.4 is 0 Å². The monoisotopic (exact) mass is 353 g/mol. The highest BCUT2D eigenvalue weighted by Gasteiger charge is 2.14. The van der Waals surface area contributed by atoms with E-state index in [2.05, 4.69) is 39.2 Å². The number of nitrogens with one attached hydrogen (secondary N) is 2. The largest absolute Gasteiger partial charge is 0.277 e. The number of hydrogen-bond donors (Lipinski definition) is 2. The van der Waals surface area contributed by atoms with Gasteiger partial charge in [-0.3, -0.25) is 10.2 Å². The van der Waals surface area contributed by atoms with Crippen molar-refractivity contribution < 1.29 is 8.78 Å². The van der Waals surface area contributed by atoms with Crippen molar-refractivity contribution in [2.24, 2.45) is 5.92 Å². The Labute approximate surface area is 148 Å². The lowest BCUT2D eigenvalue weighted by Gasteiger charge is -2.01. The quantitative estimate of drug-likeness (QED) is 0.568. The molecule has 0 atom stereocenters. The van der Waals surface area contributed by atoms with Crippen molar-refractivity contribution in [2.45, 2.75) is 20.3 Å². The zero-order valence-corrected chi connectivity index (χ0v) is 14.3. The summed E-state index contributed by atoms with van der Waals surface area (Å²) < 4.78 is 26.8. The molecule has 0 aliphatic carbocycles. The summed E-state index contributed by atoms with van der Waals surface area (Å²) in [6.45, 7) is 4.24. The van der Waals surface area contributed by atoms with E-state index in [1.54, 1.807) is 0 Å². The number of rotatable bonds is 4. The molecule has 0 aliphatic heterocycles. The molecule has 0 amide bonds. The molecule has 2 aromatic carbocycles. The van der Waals surface area contributed by atoms with E-state index in [0.29, 0.717) is 23.0 Å². The van der Waals surface area contributed by atoms with Crippen molar-refractivity contribution in [1.82, 2.24) is 25.4 Å². The van der Waals surface area contributed by atoms with E-state index < -0.39 is 11.6 Å². The molecule has 0 saturated carbocycles. The van der Waals surface area contributed by atoms with E-state index in [1.165, 1.54) is 6.07 Å². The van der Waals surface area contributed by atoms with Crippen LogP contribution in [0.4, 0.5) is 8.78 Å². The van der Waals surface area contributed by atoms with Crippen LogP contribution in [-0.4, -0.2) is 25.4 Å². The Kier molecular flexibility index (Phi) is 3.99.